The molecule has 0 radical (unpaired) electrons. The summed E-state index contributed by atoms with van der Waals surface area (Å²) in [7, 11) is -3.49. The number of nitrogens with zero attached hydrogens (tertiary/aromatic N) is 2. The van der Waals surface area contributed by atoms with Gasteiger partial charge in [0.1, 0.15) is 0 Å². The van der Waals surface area contributed by atoms with Crippen LogP contribution in [0, 0.1) is 13.8 Å². The average molecular weight is 425 g/mol. The number of likely N-dealkylation sites (N-methyl/N-ethyl adjacent to an activating group) is 1. The zero-order chi connectivity index (χ0) is 21.2. The maximum Gasteiger partial charge on any atom is 0.280 e. The summed E-state index contributed by atoms with van der Waals surface area (Å²) >= 11 is 0. The molecular weight excluding hydrogens is 388 g/mol. The topological polar surface area (TPSA) is 66.6 Å². The lowest BCUT2D eigenvalue weighted by atomic mass is 10.2. The molecule has 0 unspecified atom stereocenters. The highest BCUT2D eigenvalue weighted by Crippen LogP contribution is 2.21. The van der Waals surface area contributed by atoms with Gasteiger partial charge < -0.3 is 14.7 Å². The number of piperazine rings is 2. The zero-order valence-corrected chi connectivity index (χ0v) is 19.0. The first-order valence-corrected chi connectivity index (χ1v) is 12.2. The summed E-state index contributed by atoms with van der Waals surface area (Å²) in [5.41, 5.74) is 1.73. The predicted molar refractivity (Wildman–Crippen MR) is 113 cm³/mol. The first-order chi connectivity index (χ1) is 13.7. The molecule has 2 fully saturated rings. The second-order valence-electron chi connectivity index (χ2n) is 8.48. The first-order valence-electron chi connectivity index (χ1n) is 10.8. The summed E-state index contributed by atoms with van der Waals surface area (Å²) in [4.78, 5) is 18.1. The zero-order valence-electron chi connectivity index (χ0n) is 18.2. The van der Waals surface area contributed by atoms with Crippen molar-refractivity contribution in [3.05, 3.63) is 29.3 Å². The van der Waals surface area contributed by atoms with Crippen LogP contribution < -0.4 is 9.80 Å². The molecule has 2 aliphatic rings. The fraction of sp³-hybridized carbons (Fsp3) is 0.667. The standard InChI is InChI=1S/C21H34N4O3S/c1-5-22-8-10-24(11-9-22)21(26)19(4)23-12-14-25(15-13-23)29(27,28)20-16-17(2)6-7-18(20)3/h6-7,16,19H,5,8-15H2,1-4H3/p+2/t19-/m0/s1. The van der Waals surface area contributed by atoms with Crippen molar-refractivity contribution in [2.24, 2.45) is 0 Å². The Morgan fingerprint density at radius 3 is 2.28 bits per heavy atom. The molecule has 0 aliphatic carbocycles. The van der Waals surface area contributed by atoms with Gasteiger partial charge in [-0.3, -0.25) is 4.79 Å². The van der Waals surface area contributed by atoms with Gasteiger partial charge in [-0.05, 0) is 44.9 Å². The average Bonchev–Trinajstić information content (AvgIpc) is 2.74. The lowest BCUT2D eigenvalue weighted by Crippen LogP contribution is -3.19. The molecule has 1 atom stereocenters. The fourth-order valence-electron chi connectivity index (χ4n) is 4.42. The lowest BCUT2D eigenvalue weighted by Gasteiger charge is -2.37. The second-order valence-corrected chi connectivity index (χ2v) is 10.4. The van der Waals surface area contributed by atoms with Crippen LogP contribution in [-0.4, -0.2) is 88.5 Å². The van der Waals surface area contributed by atoms with Crippen molar-refractivity contribution in [1.29, 1.82) is 0 Å². The smallest absolute Gasteiger partial charge is 0.280 e. The van der Waals surface area contributed by atoms with Gasteiger partial charge in [0.15, 0.2) is 6.04 Å². The van der Waals surface area contributed by atoms with Crippen LogP contribution in [0.1, 0.15) is 25.0 Å². The Balaban J connectivity index is 1.60. The van der Waals surface area contributed by atoms with Crippen LogP contribution in [0.3, 0.4) is 0 Å². The fourth-order valence-corrected chi connectivity index (χ4v) is 6.17. The lowest BCUT2D eigenvalue weighted by molar-refractivity contribution is -0.918. The number of carbonyl (C=O) groups is 1. The van der Waals surface area contributed by atoms with Crippen molar-refractivity contribution < 1.29 is 23.0 Å². The van der Waals surface area contributed by atoms with E-state index in [-0.39, 0.29) is 11.9 Å². The van der Waals surface area contributed by atoms with E-state index in [1.54, 1.807) is 15.3 Å². The minimum absolute atomic E-state index is 0.122. The predicted octanol–water partition coefficient (Wildman–Crippen LogP) is -1.67. The van der Waals surface area contributed by atoms with Crippen LogP contribution in [0.15, 0.2) is 23.1 Å². The number of nitrogens with one attached hydrogen (secondary N) is 2. The Morgan fingerprint density at radius 2 is 1.69 bits per heavy atom. The van der Waals surface area contributed by atoms with Gasteiger partial charge in [0.2, 0.25) is 10.0 Å². The molecule has 0 saturated carbocycles. The number of amides is 1. The molecule has 2 heterocycles. The van der Waals surface area contributed by atoms with Gasteiger partial charge in [-0.25, -0.2) is 8.42 Å². The number of hydrogen-bond acceptors (Lipinski definition) is 3. The van der Waals surface area contributed by atoms with Gasteiger partial charge in [-0.15, -0.1) is 0 Å². The van der Waals surface area contributed by atoms with Crippen molar-refractivity contribution >= 4 is 15.9 Å². The first kappa shape index (κ1) is 22.2. The second kappa shape index (κ2) is 9.12. The van der Waals surface area contributed by atoms with Gasteiger partial charge in [0.25, 0.3) is 5.91 Å². The van der Waals surface area contributed by atoms with Gasteiger partial charge in [0.05, 0.1) is 63.8 Å². The minimum atomic E-state index is -3.49. The van der Waals surface area contributed by atoms with Crippen molar-refractivity contribution in [3.8, 4) is 0 Å². The summed E-state index contributed by atoms with van der Waals surface area (Å²) in [6.45, 7) is 15.0. The molecule has 1 aromatic carbocycles. The highest BCUT2D eigenvalue weighted by Gasteiger charge is 2.37. The number of quaternary nitrogens is 2. The third kappa shape index (κ3) is 4.82. The number of rotatable bonds is 5. The van der Waals surface area contributed by atoms with Crippen LogP contribution in [-0.2, 0) is 14.8 Å². The Hall–Kier alpha value is -1.48. The maximum absolute atomic E-state index is 13.1. The number of carbonyl (C=O) groups excluding carboxylic acids is 1. The molecule has 3 rings (SSSR count). The third-order valence-electron chi connectivity index (χ3n) is 6.59. The summed E-state index contributed by atoms with van der Waals surface area (Å²) in [6.07, 6.45) is 0. The monoisotopic (exact) mass is 424 g/mol. The van der Waals surface area contributed by atoms with Gasteiger partial charge in [-0.2, -0.15) is 4.31 Å². The number of aryl methyl sites for hydroxylation is 2. The third-order valence-corrected chi connectivity index (χ3v) is 8.63. The van der Waals surface area contributed by atoms with Crippen LogP contribution >= 0.6 is 0 Å². The van der Waals surface area contributed by atoms with Crippen molar-refractivity contribution in [2.45, 2.75) is 38.6 Å². The van der Waals surface area contributed by atoms with Crippen LogP contribution in [0.25, 0.3) is 0 Å². The van der Waals surface area contributed by atoms with E-state index in [4.69, 9.17) is 0 Å². The van der Waals surface area contributed by atoms with Crippen molar-refractivity contribution in [2.75, 3.05) is 58.9 Å². The van der Waals surface area contributed by atoms with E-state index in [0.717, 1.165) is 43.9 Å². The normalized spacial score (nSPS) is 21.3. The Kier molecular flexibility index (Phi) is 6.98. The van der Waals surface area contributed by atoms with Gasteiger partial charge in [0, 0.05) is 0 Å². The van der Waals surface area contributed by atoms with E-state index >= 15 is 0 Å². The van der Waals surface area contributed by atoms with Crippen LogP contribution in [0.4, 0.5) is 0 Å². The Morgan fingerprint density at radius 1 is 1.07 bits per heavy atom. The number of benzene rings is 1. The molecule has 2 aliphatic heterocycles. The van der Waals surface area contributed by atoms with Gasteiger partial charge >= 0.3 is 0 Å². The van der Waals surface area contributed by atoms with Crippen molar-refractivity contribution in [3.63, 3.8) is 0 Å². The summed E-state index contributed by atoms with van der Waals surface area (Å²) < 4.78 is 27.8. The Bertz CT molecular complexity index is 826. The van der Waals surface area contributed by atoms with E-state index in [1.807, 2.05) is 37.8 Å². The quantitative estimate of drug-likeness (QED) is 0.594. The number of sulfonamides is 1. The van der Waals surface area contributed by atoms with Crippen LogP contribution in [0.2, 0.25) is 0 Å². The molecule has 0 bridgehead atoms. The molecule has 0 aromatic heterocycles. The summed E-state index contributed by atoms with van der Waals surface area (Å²) in [5.74, 6) is 0.209. The molecule has 0 spiro atoms. The van der Waals surface area contributed by atoms with E-state index < -0.39 is 10.0 Å². The molecule has 1 amide bonds. The molecule has 7 nitrogen and oxygen atoms in total. The minimum Gasteiger partial charge on any atom is -0.332 e. The summed E-state index contributed by atoms with van der Waals surface area (Å²) in [6, 6.07) is 5.44. The molecule has 1 aromatic rings. The molecule has 2 N–H and O–H groups in total. The maximum atomic E-state index is 13.1. The highest BCUT2D eigenvalue weighted by atomic mass is 32.2. The molecular formula is C21H36N4O3S+2. The Labute approximate surface area is 175 Å². The largest absolute Gasteiger partial charge is 0.332 e. The molecule has 8 heteroatoms. The van der Waals surface area contributed by atoms with Gasteiger partial charge in [-0.1, -0.05) is 12.1 Å². The van der Waals surface area contributed by atoms with E-state index in [0.29, 0.717) is 31.1 Å². The van der Waals surface area contributed by atoms with Crippen molar-refractivity contribution in [1.82, 2.24) is 9.21 Å². The SMILES string of the molecule is CC[NH+]1CCN(C(=O)[C@H](C)[NH+]2CCN(S(=O)(=O)c3cc(C)ccc3C)CC2)CC1. The highest BCUT2D eigenvalue weighted by molar-refractivity contribution is 7.89. The number of hydrogen-bond donors (Lipinski definition) is 2. The summed E-state index contributed by atoms with van der Waals surface area (Å²) in [5, 5.41) is 0. The van der Waals surface area contributed by atoms with E-state index in [2.05, 4.69) is 6.92 Å². The van der Waals surface area contributed by atoms with E-state index in [9.17, 15) is 13.2 Å². The molecule has 29 heavy (non-hydrogen) atoms. The molecule has 162 valence electrons. The van der Waals surface area contributed by atoms with Crippen LogP contribution in [0.5, 0.6) is 0 Å². The molecule has 2 saturated heterocycles. The van der Waals surface area contributed by atoms with E-state index in [1.165, 1.54) is 4.90 Å².